The molecule has 2 N–H and O–H groups in total. The molecular weight excluding hydrogens is 192 g/mol. The largest absolute Gasteiger partial charge is 0.481 e. The number of hydrogen-bond donors (Lipinski definition) is 2. The van der Waals surface area contributed by atoms with Gasteiger partial charge in [0, 0.05) is 6.42 Å². The van der Waals surface area contributed by atoms with Gasteiger partial charge in [0.1, 0.15) is 0 Å². The van der Waals surface area contributed by atoms with E-state index < -0.39 is 5.97 Å². The van der Waals surface area contributed by atoms with Gasteiger partial charge in [-0.15, -0.1) is 0 Å². The molecule has 0 aliphatic heterocycles. The normalized spacial score (nSPS) is 10.2. The number of aryl methyl sites for hydroxylation is 1. The van der Waals surface area contributed by atoms with Gasteiger partial charge in [0.2, 0.25) is 0 Å². The number of carboxylic acid groups (broad SMARTS) is 1. The molecule has 15 heavy (non-hydrogen) atoms. The molecule has 0 atom stereocenters. The smallest absolute Gasteiger partial charge is 0.303 e. The van der Waals surface area contributed by atoms with Crippen molar-refractivity contribution in [2.24, 2.45) is 0 Å². The Morgan fingerprint density at radius 3 is 2.60 bits per heavy atom. The van der Waals surface area contributed by atoms with Gasteiger partial charge in [-0.3, -0.25) is 4.79 Å². The van der Waals surface area contributed by atoms with E-state index in [1.165, 1.54) is 0 Å². The number of carboxylic acids is 1. The highest BCUT2D eigenvalue weighted by Crippen LogP contribution is 2.09. The maximum absolute atomic E-state index is 10.3. The molecule has 0 unspecified atom stereocenters. The molecule has 0 amide bonds. The van der Waals surface area contributed by atoms with Gasteiger partial charge in [-0.05, 0) is 30.4 Å². The molecular formula is C12H16O3. The Morgan fingerprint density at radius 1 is 1.20 bits per heavy atom. The molecule has 3 nitrogen and oxygen atoms in total. The second-order valence-corrected chi connectivity index (χ2v) is 3.58. The zero-order valence-corrected chi connectivity index (χ0v) is 8.65. The van der Waals surface area contributed by atoms with Crippen LogP contribution in [0.5, 0.6) is 0 Å². The average molecular weight is 208 g/mol. The molecule has 1 aromatic carbocycles. The standard InChI is InChI=1S/C12H16O3/c13-9-11-6-3-5-10(8-11)4-1-2-7-12(14)15/h3,5-6,8,13H,1-2,4,7,9H2,(H,14,15). The van der Waals surface area contributed by atoms with Crippen LogP contribution in [0.4, 0.5) is 0 Å². The van der Waals surface area contributed by atoms with Gasteiger partial charge in [0.05, 0.1) is 6.61 Å². The first-order valence-corrected chi connectivity index (χ1v) is 5.13. The van der Waals surface area contributed by atoms with Crippen LogP contribution in [0, 0.1) is 0 Å². The third kappa shape index (κ3) is 4.61. The number of unbranched alkanes of at least 4 members (excludes halogenated alkanes) is 1. The highest BCUT2D eigenvalue weighted by Gasteiger charge is 1.98. The molecule has 82 valence electrons. The van der Waals surface area contributed by atoms with E-state index >= 15 is 0 Å². The minimum atomic E-state index is -0.737. The van der Waals surface area contributed by atoms with Crippen molar-refractivity contribution in [3.8, 4) is 0 Å². The summed E-state index contributed by atoms with van der Waals surface area (Å²) in [6.45, 7) is 0.0585. The molecule has 0 aliphatic carbocycles. The van der Waals surface area contributed by atoms with Crippen LogP contribution in [-0.2, 0) is 17.8 Å². The molecule has 0 spiro atoms. The fourth-order valence-corrected chi connectivity index (χ4v) is 1.49. The van der Waals surface area contributed by atoms with Gasteiger partial charge in [-0.25, -0.2) is 0 Å². The second kappa shape index (κ2) is 6.19. The van der Waals surface area contributed by atoms with Crippen molar-refractivity contribution in [2.45, 2.75) is 32.3 Å². The van der Waals surface area contributed by atoms with Gasteiger partial charge < -0.3 is 10.2 Å². The first-order chi connectivity index (χ1) is 7.22. The quantitative estimate of drug-likeness (QED) is 0.703. The van der Waals surface area contributed by atoms with Crippen LogP contribution in [0.2, 0.25) is 0 Å². The van der Waals surface area contributed by atoms with Crippen LogP contribution in [0.1, 0.15) is 30.4 Å². The van der Waals surface area contributed by atoms with Crippen molar-refractivity contribution in [2.75, 3.05) is 0 Å². The zero-order chi connectivity index (χ0) is 11.1. The van der Waals surface area contributed by atoms with Crippen LogP contribution in [0.25, 0.3) is 0 Å². The first-order valence-electron chi connectivity index (χ1n) is 5.13. The first kappa shape index (κ1) is 11.7. The second-order valence-electron chi connectivity index (χ2n) is 3.58. The van der Waals surface area contributed by atoms with Crippen LogP contribution in [0.15, 0.2) is 24.3 Å². The highest BCUT2D eigenvalue weighted by atomic mass is 16.4. The number of aliphatic hydroxyl groups excluding tert-OH is 1. The summed E-state index contributed by atoms with van der Waals surface area (Å²) in [5, 5.41) is 17.4. The Kier molecular flexibility index (Phi) is 4.84. The molecule has 3 heteroatoms. The van der Waals surface area contributed by atoms with Gasteiger partial charge in [0.15, 0.2) is 0 Å². The molecule has 0 saturated carbocycles. The van der Waals surface area contributed by atoms with Crippen molar-refractivity contribution in [3.63, 3.8) is 0 Å². The molecule has 0 heterocycles. The fourth-order valence-electron chi connectivity index (χ4n) is 1.49. The average Bonchev–Trinajstić information content (AvgIpc) is 2.24. The fraction of sp³-hybridized carbons (Fsp3) is 0.417. The molecule has 0 aromatic heterocycles. The Morgan fingerprint density at radius 2 is 1.93 bits per heavy atom. The summed E-state index contributed by atoms with van der Waals surface area (Å²) < 4.78 is 0. The SMILES string of the molecule is O=C(O)CCCCc1cccc(CO)c1. The monoisotopic (exact) mass is 208 g/mol. The number of carbonyl (C=O) groups is 1. The Labute approximate surface area is 89.4 Å². The van der Waals surface area contributed by atoms with Crippen LogP contribution in [-0.4, -0.2) is 16.2 Å². The van der Waals surface area contributed by atoms with Crippen LogP contribution in [0.3, 0.4) is 0 Å². The summed E-state index contributed by atoms with van der Waals surface area (Å²) in [7, 11) is 0. The third-order valence-electron chi connectivity index (χ3n) is 2.28. The zero-order valence-electron chi connectivity index (χ0n) is 8.65. The predicted molar refractivity (Wildman–Crippen MR) is 57.6 cm³/mol. The summed E-state index contributed by atoms with van der Waals surface area (Å²) >= 11 is 0. The molecule has 0 radical (unpaired) electrons. The lowest BCUT2D eigenvalue weighted by atomic mass is 10.0. The predicted octanol–water partition coefficient (Wildman–Crippen LogP) is 1.98. The van der Waals surface area contributed by atoms with Crippen molar-refractivity contribution >= 4 is 5.97 Å². The van der Waals surface area contributed by atoms with Gasteiger partial charge in [-0.1, -0.05) is 24.3 Å². The Bertz CT molecular complexity index is 320. The topological polar surface area (TPSA) is 57.5 Å². The highest BCUT2D eigenvalue weighted by molar-refractivity contribution is 5.66. The lowest BCUT2D eigenvalue weighted by Gasteiger charge is -2.02. The molecule has 0 aliphatic rings. The molecule has 0 saturated heterocycles. The van der Waals surface area contributed by atoms with E-state index in [1.807, 2.05) is 24.3 Å². The van der Waals surface area contributed by atoms with Crippen molar-refractivity contribution < 1.29 is 15.0 Å². The molecule has 0 bridgehead atoms. The Hall–Kier alpha value is -1.35. The maximum atomic E-state index is 10.3. The maximum Gasteiger partial charge on any atom is 0.303 e. The number of rotatable bonds is 6. The van der Waals surface area contributed by atoms with Crippen molar-refractivity contribution in [1.29, 1.82) is 0 Å². The van der Waals surface area contributed by atoms with E-state index in [2.05, 4.69) is 0 Å². The van der Waals surface area contributed by atoms with Gasteiger partial charge in [0.25, 0.3) is 0 Å². The van der Waals surface area contributed by atoms with E-state index in [0.717, 1.165) is 24.0 Å². The summed E-state index contributed by atoms with van der Waals surface area (Å²) in [4.78, 5) is 10.3. The van der Waals surface area contributed by atoms with E-state index in [9.17, 15) is 4.79 Å². The summed E-state index contributed by atoms with van der Waals surface area (Å²) in [6, 6.07) is 7.75. The van der Waals surface area contributed by atoms with E-state index in [4.69, 9.17) is 10.2 Å². The van der Waals surface area contributed by atoms with Crippen molar-refractivity contribution in [3.05, 3.63) is 35.4 Å². The molecule has 0 fully saturated rings. The lowest BCUT2D eigenvalue weighted by Crippen LogP contribution is -1.95. The minimum Gasteiger partial charge on any atom is -0.481 e. The van der Waals surface area contributed by atoms with Gasteiger partial charge >= 0.3 is 5.97 Å². The summed E-state index contributed by atoms with van der Waals surface area (Å²) in [6.07, 6.45) is 2.70. The number of benzene rings is 1. The summed E-state index contributed by atoms with van der Waals surface area (Å²) in [5.41, 5.74) is 2.07. The lowest BCUT2D eigenvalue weighted by molar-refractivity contribution is -0.137. The van der Waals surface area contributed by atoms with E-state index in [-0.39, 0.29) is 13.0 Å². The summed E-state index contributed by atoms with van der Waals surface area (Å²) in [5.74, 6) is -0.737. The number of hydrogen-bond acceptors (Lipinski definition) is 2. The minimum absolute atomic E-state index is 0.0585. The van der Waals surface area contributed by atoms with Crippen LogP contribution >= 0.6 is 0 Å². The van der Waals surface area contributed by atoms with Crippen LogP contribution < -0.4 is 0 Å². The number of aliphatic hydroxyl groups is 1. The van der Waals surface area contributed by atoms with Gasteiger partial charge in [-0.2, -0.15) is 0 Å². The molecule has 1 rings (SSSR count). The molecule has 1 aromatic rings. The third-order valence-corrected chi connectivity index (χ3v) is 2.28. The number of aliphatic carboxylic acids is 1. The Balaban J connectivity index is 2.33. The van der Waals surface area contributed by atoms with E-state index in [1.54, 1.807) is 0 Å². The van der Waals surface area contributed by atoms with E-state index in [0.29, 0.717) is 6.42 Å². The van der Waals surface area contributed by atoms with Crippen molar-refractivity contribution in [1.82, 2.24) is 0 Å².